The van der Waals surface area contributed by atoms with Crippen molar-refractivity contribution in [3.8, 4) is 45.7 Å². The zero-order chi connectivity index (χ0) is 28.4. The van der Waals surface area contributed by atoms with Crippen LogP contribution in [-0.2, 0) is 4.79 Å². The van der Waals surface area contributed by atoms with Crippen LogP contribution in [-0.4, -0.2) is 23.8 Å². The summed E-state index contributed by atoms with van der Waals surface area (Å²) in [4.78, 5) is 17.5. The van der Waals surface area contributed by atoms with E-state index in [1.807, 2.05) is 115 Å². The number of hydrogen-bond donors (Lipinski definition) is 1. The molecule has 1 amide bonds. The van der Waals surface area contributed by atoms with E-state index in [0.29, 0.717) is 27.8 Å². The number of hydrogen-bond acceptors (Lipinski definition) is 6. The Morgan fingerprint density at radius 2 is 1.46 bits per heavy atom. The van der Waals surface area contributed by atoms with E-state index in [1.165, 1.54) is 11.8 Å². The molecule has 0 aliphatic heterocycles. The summed E-state index contributed by atoms with van der Waals surface area (Å²) in [6.07, 6.45) is 0.257. The Bertz CT molecular complexity index is 1650. The first-order valence-corrected chi connectivity index (χ1v) is 14.0. The van der Waals surface area contributed by atoms with Gasteiger partial charge in [0.15, 0.2) is 0 Å². The first-order valence-electron chi connectivity index (χ1n) is 13.0. The number of carbonyl (C=O) groups excluding carboxylic acids is 1. The Morgan fingerprint density at radius 1 is 0.829 bits per heavy atom. The highest BCUT2D eigenvalue weighted by atomic mass is 32.2. The first kappa shape index (κ1) is 27.5. The van der Waals surface area contributed by atoms with Crippen LogP contribution >= 0.6 is 11.8 Å². The van der Waals surface area contributed by atoms with Crippen molar-refractivity contribution < 1.29 is 14.3 Å². The van der Waals surface area contributed by atoms with Crippen molar-refractivity contribution >= 4 is 23.4 Å². The topological polar surface area (TPSA) is 84.2 Å². The van der Waals surface area contributed by atoms with Gasteiger partial charge in [0.1, 0.15) is 28.3 Å². The van der Waals surface area contributed by atoms with Crippen LogP contribution in [0.4, 0.5) is 5.69 Å². The fourth-order valence-electron chi connectivity index (χ4n) is 4.18. The molecule has 0 bridgehead atoms. The number of rotatable bonds is 10. The van der Waals surface area contributed by atoms with Gasteiger partial charge >= 0.3 is 0 Å². The summed E-state index contributed by atoms with van der Waals surface area (Å²) in [7, 11) is 1.62. The summed E-state index contributed by atoms with van der Waals surface area (Å²) < 4.78 is 11.1. The molecule has 4 aromatic carbocycles. The Balaban J connectivity index is 1.29. The van der Waals surface area contributed by atoms with E-state index < -0.39 is 0 Å². The minimum absolute atomic E-state index is 0.123. The average Bonchev–Trinajstić information content (AvgIpc) is 3.02. The molecule has 5 aromatic rings. The van der Waals surface area contributed by atoms with E-state index in [2.05, 4.69) is 11.4 Å². The molecule has 1 heterocycles. The number of para-hydroxylation sites is 1. The monoisotopic (exact) mass is 557 g/mol. The fourth-order valence-corrected chi connectivity index (χ4v) is 5.13. The smallest absolute Gasteiger partial charge is 0.225 e. The lowest BCUT2D eigenvalue weighted by Crippen LogP contribution is -2.12. The number of methoxy groups -OCH3 is 1. The lowest BCUT2D eigenvalue weighted by Gasteiger charge is -2.13. The lowest BCUT2D eigenvalue weighted by molar-refractivity contribution is -0.115. The van der Waals surface area contributed by atoms with Crippen molar-refractivity contribution in [2.24, 2.45) is 0 Å². The van der Waals surface area contributed by atoms with Crippen LogP contribution in [0.1, 0.15) is 12.0 Å². The number of pyridine rings is 1. The molecule has 0 unspecified atom stereocenters. The number of carbonyl (C=O) groups is 1. The van der Waals surface area contributed by atoms with E-state index in [1.54, 1.807) is 7.11 Å². The molecule has 41 heavy (non-hydrogen) atoms. The van der Waals surface area contributed by atoms with Gasteiger partial charge in [0.2, 0.25) is 5.91 Å². The molecule has 202 valence electrons. The molecular formula is C34H27N3O3S. The molecule has 6 nitrogen and oxygen atoms in total. The summed E-state index contributed by atoms with van der Waals surface area (Å²) in [5, 5.41) is 13.6. The van der Waals surface area contributed by atoms with Gasteiger partial charge in [-0.05, 0) is 60.2 Å². The number of nitrogens with zero attached hydrogens (tertiary/aromatic N) is 2. The second kappa shape index (κ2) is 13.3. The Labute approximate surface area is 243 Å². The number of nitrogens with one attached hydrogen (secondary N) is 1. The molecule has 7 heteroatoms. The van der Waals surface area contributed by atoms with E-state index >= 15 is 0 Å². The third-order valence-corrected chi connectivity index (χ3v) is 7.23. The van der Waals surface area contributed by atoms with Crippen molar-refractivity contribution in [2.75, 3.05) is 18.2 Å². The molecule has 0 saturated carbocycles. The van der Waals surface area contributed by atoms with Crippen LogP contribution in [0.25, 0.3) is 22.4 Å². The number of amides is 1. The molecule has 0 aliphatic carbocycles. The molecule has 1 aromatic heterocycles. The summed E-state index contributed by atoms with van der Waals surface area (Å²) in [6.45, 7) is 0. The highest BCUT2D eigenvalue weighted by molar-refractivity contribution is 7.99. The van der Waals surface area contributed by atoms with Gasteiger partial charge in [0.25, 0.3) is 0 Å². The second-order valence-electron chi connectivity index (χ2n) is 9.03. The quantitative estimate of drug-likeness (QED) is 0.174. The number of aromatic nitrogens is 1. The van der Waals surface area contributed by atoms with E-state index in [9.17, 15) is 10.1 Å². The van der Waals surface area contributed by atoms with Gasteiger partial charge in [-0.3, -0.25) is 4.79 Å². The van der Waals surface area contributed by atoms with Crippen LogP contribution in [0.15, 0.2) is 120 Å². The normalized spacial score (nSPS) is 10.4. The highest BCUT2D eigenvalue weighted by Gasteiger charge is 2.16. The number of anilines is 1. The number of ether oxygens (including phenoxy) is 2. The molecule has 0 aliphatic rings. The van der Waals surface area contributed by atoms with Crippen molar-refractivity contribution in [3.63, 3.8) is 0 Å². The fraction of sp³-hybridized carbons (Fsp3) is 0.0882. The standard InChI is InChI=1S/C34H27N3O3S/c1-39-27-16-12-24(13-17-27)30-22-32(25-8-4-2-5-9-25)37-34(31(30)23-35)41-21-20-33(38)36-26-14-18-29(19-15-26)40-28-10-6-3-7-11-28/h2-19,22H,20-21H2,1H3,(H,36,38). The summed E-state index contributed by atoms with van der Waals surface area (Å²) in [6, 6.07) is 38.5. The van der Waals surface area contributed by atoms with Crippen LogP contribution in [0, 0.1) is 11.3 Å². The molecule has 0 atom stereocenters. The van der Waals surface area contributed by atoms with E-state index in [4.69, 9.17) is 14.5 Å². The van der Waals surface area contributed by atoms with Crippen LogP contribution < -0.4 is 14.8 Å². The number of nitriles is 1. The Morgan fingerprint density at radius 3 is 2.12 bits per heavy atom. The van der Waals surface area contributed by atoms with Crippen LogP contribution in [0.3, 0.4) is 0 Å². The minimum atomic E-state index is -0.123. The molecule has 0 fully saturated rings. The SMILES string of the molecule is COc1ccc(-c2cc(-c3ccccc3)nc(SCCC(=O)Nc3ccc(Oc4ccccc4)cc3)c2C#N)cc1. The third-order valence-electron chi connectivity index (χ3n) is 6.25. The van der Waals surface area contributed by atoms with Gasteiger partial charge in [-0.1, -0.05) is 60.7 Å². The maximum Gasteiger partial charge on any atom is 0.225 e. The van der Waals surface area contributed by atoms with E-state index in [0.717, 1.165) is 33.9 Å². The average molecular weight is 558 g/mol. The van der Waals surface area contributed by atoms with E-state index in [-0.39, 0.29) is 12.3 Å². The van der Waals surface area contributed by atoms with Gasteiger partial charge in [0, 0.05) is 29.0 Å². The zero-order valence-electron chi connectivity index (χ0n) is 22.4. The summed E-state index contributed by atoms with van der Waals surface area (Å²) in [5.74, 6) is 2.51. The van der Waals surface area contributed by atoms with Crippen molar-refractivity contribution in [1.82, 2.24) is 4.98 Å². The summed E-state index contributed by atoms with van der Waals surface area (Å²) in [5.41, 5.74) is 4.56. The molecule has 0 saturated heterocycles. The van der Waals surface area contributed by atoms with Crippen molar-refractivity contribution in [1.29, 1.82) is 5.26 Å². The van der Waals surface area contributed by atoms with Gasteiger partial charge in [0.05, 0.1) is 18.4 Å². The Hall–Kier alpha value is -5.06. The van der Waals surface area contributed by atoms with Gasteiger partial charge in [-0.2, -0.15) is 5.26 Å². The maximum atomic E-state index is 12.7. The molecule has 5 rings (SSSR count). The summed E-state index contributed by atoms with van der Waals surface area (Å²) >= 11 is 1.40. The molecule has 0 spiro atoms. The minimum Gasteiger partial charge on any atom is -0.497 e. The second-order valence-corrected chi connectivity index (χ2v) is 10.1. The van der Waals surface area contributed by atoms with Gasteiger partial charge in [-0.15, -0.1) is 11.8 Å². The predicted octanol–water partition coefficient (Wildman–Crippen LogP) is 8.21. The van der Waals surface area contributed by atoms with Crippen LogP contribution in [0.5, 0.6) is 17.2 Å². The maximum absolute atomic E-state index is 12.7. The zero-order valence-corrected chi connectivity index (χ0v) is 23.2. The molecule has 1 N–H and O–H groups in total. The predicted molar refractivity (Wildman–Crippen MR) is 163 cm³/mol. The van der Waals surface area contributed by atoms with Gasteiger partial charge in [-0.25, -0.2) is 4.98 Å². The third kappa shape index (κ3) is 7.13. The lowest BCUT2D eigenvalue weighted by atomic mass is 9.99. The molecular weight excluding hydrogens is 530 g/mol. The van der Waals surface area contributed by atoms with Gasteiger partial charge < -0.3 is 14.8 Å². The Kier molecular flexibility index (Phi) is 8.95. The first-order chi connectivity index (χ1) is 20.1. The van der Waals surface area contributed by atoms with Crippen molar-refractivity contribution in [3.05, 3.63) is 121 Å². The largest absolute Gasteiger partial charge is 0.497 e. The molecule has 0 radical (unpaired) electrons. The number of benzene rings is 4. The van der Waals surface area contributed by atoms with Crippen molar-refractivity contribution in [2.45, 2.75) is 11.4 Å². The number of thioether (sulfide) groups is 1. The van der Waals surface area contributed by atoms with Crippen LogP contribution in [0.2, 0.25) is 0 Å². The highest BCUT2D eigenvalue weighted by Crippen LogP contribution is 2.35.